The molecule has 0 unspecified atom stereocenters. The first-order valence-corrected chi connectivity index (χ1v) is 23.2. The van der Waals surface area contributed by atoms with Gasteiger partial charge in [0.15, 0.2) is 0 Å². The first kappa shape index (κ1) is 36.7. The molecule has 2 heterocycles. The van der Waals surface area contributed by atoms with Crippen molar-refractivity contribution in [2.75, 3.05) is 0 Å². The third kappa shape index (κ3) is 4.60. The summed E-state index contributed by atoms with van der Waals surface area (Å²) in [5.41, 5.74) is 21.9. The molecule has 310 valence electrons. The summed E-state index contributed by atoms with van der Waals surface area (Å²) in [4.78, 5) is 11.1. The first-order valence-electron chi connectivity index (χ1n) is 23.2. The SMILES string of the molecule is c1ccc(-c2ccc(-c3nc(-n4c5ccccc5c5ccc6c(c54)-c4ccccc4C64c5ccccc5C5(c6ccccc6-c6ccccc65)c5ccccc54)nc4ccccc34)cc2)cc1. The molecular formula is C64H39N3. The lowest BCUT2D eigenvalue weighted by atomic mass is 9.52. The maximum Gasteiger partial charge on any atom is 0.235 e. The summed E-state index contributed by atoms with van der Waals surface area (Å²) in [6.07, 6.45) is 0. The van der Waals surface area contributed by atoms with Crippen molar-refractivity contribution in [3.05, 3.63) is 281 Å². The molecule has 2 aromatic heterocycles. The van der Waals surface area contributed by atoms with Crippen LogP contribution < -0.4 is 0 Å². The lowest BCUT2D eigenvalue weighted by molar-refractivity contribution is 0.633. The Morgan fingerprint density at radius 3 is 1.40 bits per heavy atom. The van der Waals surface area contributed by atoms with Crippen LogP contribution in [0.15, 0.2) is 237 Å². The monoisotopic (exact) mass is 849 g/mol. The summed E-state index contributed by atoms with van der Waals surface area (Å²) in [6.45, 7) is 0. The number of hydrogen-bond acceptors (Lipinski definition) is 2. The van der Waals surface area contributed by atoms with E-state index in [1.165, 1.54) is 88.7 Å². The fourth-order valence-corrected chi connectivity index (χ4v) is 12.8. The topological polar surface area (TPSA) is 30.7 Å². The summed E-state index contributed by atoms with van der Waals surface area (Å²) < 4.78 is 2.36. The van der Waals surface area contributed by atoms with E-state index in [1.54, 1.807) is 0 Å². The molecule has 0 amide bonds. The Balaban J connectivity index is 1.05. The Morgan fingerprint density at radius 1 is 0.299 bits per heavy atom. The summed E-state index contributed by atoms with van der Waals surface area (Å²) in [5.74, 6) is 0.654. The highest BCUT2D eigenvalue weighted by Gasteiger charge is 2.59. The molecule has 67 heavy (non-hydrogen) atoms. The third-order valence-electron chi connectivity index (χ3n) is 15.3. The van der Waals surface area contributed by atoms with Crippen LogP contribution in [0.25, 0.3) is 83.3 Å². The molecule has 0 fully saturated rings. The number of para-hydroxylation sites is 2. The van der Waals surface area contributed by atoms with Crippen molar-refractivity contribution in [2.45, 2.75) is 10.8 Å². The molecule has 3 heteroatoms. The Bertz CT molecular complexity index is 3950. The Kier molecular flexibility index (Phi) is 7.36. The number of aromatic nitrogens is 3. The maximum atomic E-state index is 5.62. The van der Waals surface area contributed by atoms with E-state index in [-0.39, 0.29) is 0 Å². The van der Waals surface area contributed by atoms with Gasteiger partial charge in [-0.25, -0.2) is 9.97 Å². The largest absolute Gasteiger partial charge is 0.277 e. The van der Waals surface area contributed by atoms with Gasteiger partial charge in [-0.05, 0) is 84.5 Å². The molecule has 0 N–H and O–H groups in total. The van der Waals surface area contributed by atoms with Crippen LogP contribution in [0.2, 0.25) is 0 Å². The first-order chi connectivity index (χ1) is 33.3. The van der Waals surface area contributed by atoms with Crippen molar-refractivity contribution >= 4 is 32.7 Å². The van der Waals surface area contributed by atoms with Crippen LogP contribution in [0.4, 0.5) is 0 Å². The molecule has 0 radical (unpaired) electrons. The fourth-order valence-electron chi connectivity index (χ4n) is 12.8. The van der Waals surface area contributed by atoms with Gasteiger partial charge in [0.05, 0.1) is 33.1 Å². The predicted octanol–water partition coefficient (Wildman–Crippen LogP) is 15.1. The predicted molar refractivity (Wildman–Crippen MR) is 273 cm³/mol. The van der Waals surface area contributed by atoms with Crippen molar-refractivity contribution in [3.63, 3.8) is 0 Å². The third-order valence-corrected chi connectivity index (χ3v) is 15.3. The van der Waals surface area contributed by atoms with Gasteiger partial charge in [0.25, 0.3) is 0 Å². The zero-order valence-electron chi connectivity index (χ0n) is 36.4. The molecule has 0 aliphatic heterocycles. The van der Waals surface area contributed by atoms with Crippen molar-refractivity contribution < 1.29 is 0 Å². The van der Waals surface area contributed by atoms with E-state index < -0.39 is 10.8 Å². The average molecular weight is 850 g/mol. The van der Waals surface area contributed by atoms with Gasteiger partial charge in [-0.3, -0.25) is 4.57 Å². The smallest absolute Gasteiger partial charge is 0.235 e. The number of nitrogens with zero attached hydrogens (tertiary/aromatic N) is 3. The van der Waals surface area contributed by atoms with Crippen LogP contribution in [0.1, 0.15) is 44.5 Å². The minimum Gasteiger partial charge on any atom is -0.277 e. The van der Waals surface area contributed by atoms with Crippen molar-refractivity contribution in [3.8, 4) is 50.6 Å². The van der Waals surface area contributed by atoms with Gasteiger partial charge in [0.2, 0.25) is 5.95 Å². The Morgan fingerprint density at radius 2 is 0.761 bits per heavy atom. The van der Waals surface area contributed by atoms with Crippen LogP contribution >= 0.6 is 0 Å². The highest BCUT2D eigenvalue weighted by Crippen LogP contribution is 2.68. The van der Waals surface area contributed by atoms with Crippen molar-refractivity contribution in [1.29, 1.82) is 0 Å². The minimum atomic E-state index is -0.623. The number of fused-ring (bicyclic) bond motifs is 21. The Hall–Kier alpha value is -8.66. The second kappa shape index (κ2) is 13.4. The summed E-state index contributed by atoms with van der Waals surface area (Å²) >= 11 is 0. The normalized spacial score (nSPS) is 14.2. The van der Waals surface area contributed by atoms with Gasteiger partial charge in [-0.15, -0.1) is 0 Å². The van der Waals surface area contributed by atoms with Crippen LogP contribution in [0, 0.1) is 0 Å². The van der Waals surface area contributed by atoms with Gasteiger partial charge in [-0.1, -0.05) is 224 Å². The van der Waals surface area contributed by atoms with E-state index in [2.05, 4.69) is 241 Å². The lowest BCUT2D eigenvalue weighted by Gasteiger charge is -2.48. The fraction of sp³-hybridized carbons (Fsp3) is 0.0312. The maximum absolute atomic E-state index is 5.62. The Labute approximate surface area is 388 Å². The molecule has 0 saturated heterocycles. The molecule has 0 saturated carbocycles. The zero-order chi connectivity index (χ0) is 43.8. The molecule has 10 aromatic carbocycles. The molecule has 15 rings (SSSR count). The highest BCUT2D eigenvalue weighted by molar-refractivity contribution is 6.16. The van der Waals surface area contributed by atoms with Crippen molar-refractivity contribution in [2.24, 2.45) is 0 Å². The van der Waals surface area contributed by atoms with Crippen LogP contribution in [-0.2, 0) is 10.8 Å². The number of benzene rings is 10. The highest BCUT2D eigenvalue weighted by atomic mass is 15.2. The quantitative estimate of drug-likeness (QED) is 0.177. The molecule has 2 spiro atoms. The minimum absolute atomic E-state index is 0.503. The van der Waals surface area contributed by atoms with Gasteiger partial charge in [0, 0.05) is 27.3 Å². The molecular weight excluding hydrogens is 811 g/mol. The molecule has 12 aromatic rings. The van der Waals surface area contributed by atoms with E-state index in [9.17, 15) is 0 Å². The zero-order valence-corrected chi connectivity index (χ0v) is 36.4. The van der Waals surface area contributed by atoms with Crippen LogP contribution in [-0.4, -0.2) is 14.5 Å². The van der Waals surface area contributed by atoms with Crippen LogP contribution in [0.5, 0.6) is 0 Å². The van der Waals surface area contributed by atoms with Gasteiger partial charge >= 0.3 is 0 Å². The molecule has 3 aliphatic rings. The molecule has 3 aliphatic carbocycles. The second-order valence-electron chi connectivity index (χ2n) is 18.3. The standard InChI is InChI=1S/C64H39N3/c1-2-18-40(19-3-1)41-34-36-42(37-35-41)60-48-24-7-16-32-57(48)65-62(66-60)67-58-33-17-8-22-45(58)46-38-39-56-59(61(46)67)47-23-6-11-27-51(47)64(56)54-30-14-12-28-52(54)63(53-29-13-15-31-55(53)64)49-25-9-4-20-43(49)44-21-5-10-26-50(44)63/h1-39H. The van der Waals surface area contributed by atoms with E-state index in [4.69, 9.17) is 9.97 Å². The van der Waals surface area contributed by atoms with E-state index in [0.717, 1.165) is 33.2 Å². The number of rotatable bonds is 3. The van der Waals surface area contributed by atoms with Crippen LogP contribution in [0.3, 0.4) is 0 Å². The lowest BCUT2D eigenvalue weighted by Crippen LogP contribution is -2.43. The summed E-state index contributed by atoms with van der Waals surface area (Å²) in [7, 11) is 0. The average Bonchev–Trinajstić information content (AvgIpc) is 4.01. The van der Waals surface area contributed by atoms with E-state index in [0.29, 0.717) is 5.95 Å². The van der Waals surface area contributed by atoms with Gasteiger partial charge in [-0.2, -0.15) is 0 Å². The van der Waals surface area contributed by atoms with E-state index in [1.807, 2.05) is 0 Å². The summed E-state index contributed by atoms with van der Waals surface area (Å²) in [6, 6.07) is 87.5. The van der Waals surface area contributed by atoms with Gasteiger partial charge in [0.1, 0.15) is 0 Å². The molecule has 3 nitrogen and oxygen atoms in total. The summed E-state index contributed by atoms with van der Waals surface area (Å²) in [5, 5.41) is 3.37. The van der Waals surface area contributed by atoms with Gasteiger partial charge < -0.3 is 0 Å². The second-order valence-corrected chi connectivity index (χ2v) is 18.3. The molecule has 0 atom stereocenters. The number of hydrogen-bond donors (Lipinski definition) is 0. The van der Waals surface area contributed by atoms with E-state index >= 15 is 0 Å². The van der Waals surface area contributed by atoms with Crippen molar-refractivity contribution in [1.82, 2.24) is 14.5 Å². The molecule has 0 bridgehead atoms.